The van der Waals surface area contributed by atoms with E-state index in [1.807, 2.05) is 0 Å². The molecule has 0 aliphatic heterocycles. The first-order valence-corrected chi connectivity index (χ1v) is 9.64. The normalized spacial score (nSPS) is 11.8. The number of fused-ring (bicyclic) bond motifs is 1. The maximum absolute atomic E-state index is 13.6. The standard InChI is InChI=1S/C20H26F3N5O4/c1-19(2,3)32-18(30)26-6-5-7-31-11-8-13(20(21,22)23)12-10-15(27-14(12)9-11)16(29)28(4)17(24)25/h8-10,27H,5-7H2,1-4H3,(H3,24,25)(H,26,30). The van der Waals surface area contributed by atoms with Crippen LogP contribution in [0.2, 0.25) is 0 Å². The number of aromatic amines is 1. The molecule has 1 heterocycles. The second kappa shape index (κ2) is 9.37. The fourth-order valence-electron chi connectivity index (χ4n) is 2.70. The smallest absolute Gasteiger partial charge is 0.417 e. The summed E-state index contributed by atoms with van der Waals surface area (Å²) in [7, 11) is 1.24. The highest BCUT2D eigenvalue weighted by atomic mass is 19.4. The number of guanidine groups is 1. The molecule has 176 valence electrons. The van der Waals surface area contributed by atoms with Gasteiger partial charge in [0.2, 0.25) is 0 Å². The van der Waals surface area contributed by atoms with Crippen molar-refractivity contribution >= 4 is 28.9 Å². The van der Waals surface area contributed by atoms with Crippen LogP contribution in [-0.2, 0) is 10.9 Å². The van der Waals surface area contributed by atoms with Gasteiger partial charge in [0.05, 0.1) is 17.7 Å². The van der Waals surface area contributed by atoms with E-state index in [-0.39, 0.29) is 35.5 Å². The average Bonchev–Trinajstić information content (AvgIpc) is 3.07. The number of rotatable bonds is 6. The van der Waals surface area contributed by atoms with Gasteiger partial charge in [0.15, 0.2) is 5.96 Å². The van der Waals surface area contributed by atoms with Crippen LogP contribution in [0.25, 0.3) is 10.9 Å². The number of H-pyrrole nitrogens is 1. The molecular weight excluding hydrogens is 431 g/mol. The summed E-state index contributed by atoms with van der Waals surface area (Å²) in [6.07, 6.45) is -4.96. The van der Waals surface area contributed by atoms with E-state index in [1.54, 1.807) is 20.8 Å². The molecule has 1 aromatic heterocycles. The SMILES string of the molecule is CN(C(=N)N)C(=O)c1cc2c(C(F)(F)F)cc(OCCCNC(=O)OC(C)(C)C)cc2[nH]1. The summed E-state index contributed by atoms with van der Waals surface area (Å²) in [6, 6.07) is 3.26. The molecule has 0 saturated carbocycles. The maximum Gasteiger partial charge on any atom is 0.417 e. The number of nitrogens with zero attached hydrogens (tertiary/aromatic N) is 1. The molecule has 0 saturated heterocycles. The molecule has 2 rings (SSSR count). The zero-order chi connectivity index (χ0) is 24.3. The Morgan fingerprint density at radius 2 is 1.88 bits per heavy atom. The van der Waals surface area contributed by atoms with Gasteiger partial charge in [-0.25, -0.2) is 4.79 Å². The van der Waals surface area contributed by atoms with Gasteiger partial charge in [0.25, 0.3) is 5.91 Å². The van der Waals surface area contributed by atoms with E-state index in [4.69, 9.17) is 20.6 Å². The summed E-state index contributed by atoms with van der Waals surface area (Å²) >= 11 is 0. The number of carbonyl (C=O) groups excluding carboxylic acids is 2. The lowest BCUT2D eigenvalue weighted by atomic mass is 10.1. The van der Waals surface area contributed by atoms with Gasteiger partial charge in [0, 0.05) is 25.0 Å². The molecule has 0 spiro atoms. The predicted octanol–water partition coefficient (Wildman–Crippen LogP) is 3.45. The van der Waals surface area contributed by atoms with E-state index in [1.165, 1.54) is 13.1 Å². The zero-order valence-electron chi connectivity index (χ0n) is 18.1. The second-order valence-electron chi connectivity index (χ2n) is 7.99. The van der Waals surface area contributed by atoms with Gasteiger partial charge >= 0.3 is 12.3 Å². The van der Waals surface area contributed by atoms with Crippen LogP contribution in [0.4, 0.5) is 18.0 Å². The summed E-state index contributed by atoms with van der Waals surface area (Å²) in [5.74, 6) is -1.35. The van der Waals surface area contributed by atoms with Gasteiger partial charge in [-0.05, 0) is 39.3 Å². The Kier molecular flexibility index (Phi) is 7.27. The highest BCUT2D eigenvalue weighted by molar-refractivity contribution is 6.06. The highest BCUT2D eigenvalue weighted by Crippen LogP contribution is 2.38. The second-order valence-corrected chi connectivity index (χ2v) is 7.99. The van der Waals surface area contributed by atoms with Crippen molar-refractivity contribution in [2.24, 2.45) is 5.73 Å². The number of hydrogen-bond acceptors (Lipinski definition) is 5. The monoisotopic (exact) mass is 457 g/mol. The number of carbonyl (C=O) groups is 2. The van der Waals surface area contributed by atoms with Gasteiger partial charge in [-0.3, -0.25) is 15.1 Å². The summed E-state index contributed by atoms with van der Waals surface area (Å²) in [5, 5.41) is 9.62. The number of hydrogen-bond donors (Lipinski definition) is 4. The van der Waals surface area contributed by atoms with Crippen LogP contribution in [0.3, 0.4) is 0 Å². The molecule has 9 nitrogen and oxygen atoms in total. The van der Waals surface area contributed by atoms with Crippen LogP contribution in [0.15, 0.2) is 18.2 Å². The van der Waals surface area contributed by atoms with Crippen LogP contribution in [0, 0.1) is 5.41 Å². The van der Waals surface area contributed by atoms with Crippen LogP contribution in [-0.4, -0.2) is 53.6 Å². The number of amides is 2. The number of alkyl halides is 3. The number of aromatic nitrogens is 1. The molecule has 0 radical (unpaired) electrons. The van der Waals surface area contributed by atoms with Crippen LogP contribution in [0.1, 0.15) is 43.2 Å². The fourth-order valence-corrected chi connectivity index (χ4v) is 2.70. The largest absolute Gasteiger partial charge is 0.493 e. The highest BCUT2D eigenvalue weighted by Gasteiger charge is 2.34. The lowest BCUT2D eigenvalue weighted by Gasteiger charge is -2.19. The first kappa shape index (κ1) is 24.8. The molecule has 0 unspecified atom stereocenters. The number of halogens is 3. The van der Waals surface area contributed by atoms with E-state index in [0.717, 1.165) is 17.0 Å². The van der Waals surface area contributed by atoms with Crippen LogP contribution >= 0.6 is 0 Å². The molecule has 0 aliphatic carbocycles. The van der Waals surface area contributed by atoms with Crippen molar-refractivity contribution in [3.8, 4) is 5.75 Å². The molecule has 0 bridgehead atoms. The summed E-state index contributed by atoms with van der Waals surface area (Å²) in [5.41, 5.74) is 3.54. The number of benzene rings is 1. The van der Waals surface area contributed by atoms with Crippen LogP contribution < -0.4 is 15.8 Å². The minimum Gasteiger partial charge on any atom is -0.493 e. The van der Waals surface area contributed by atoms with Gasteiger partial charge < -0.3 is 25.5 Å². The first-order valence-electron chi connectivity index (χ1n) is 9.64. The van der Waals surface area contributed by atoms with Crippen molar-refractivity contribution in [1.82, 2.24) is 15.2 Å². The van der Waals surface area contributed by atoms with E-state index < -0.39 is 35.3 Å². The Morgan fingerprint density at radius 1 is 1.22 bits per heavy atom. The Bertz CT molecular complexity index is 1010. The Morgan fingerprint density at radius 3 is 2.44 bits per heavy atom. The Balaban J connectivity index is 2.13. The summed E-state index contributed by atoms with van der Waals surface area (Å²) in [4.78, 5) is 27.3. The van der Waals surface area contributed by atoms with Gasteiger partial charge in [0.1, 0.15) is 17.0 Å². The molecule has 0 aliphatic rings. The number of ether oxygens (including phenoxy) is 2. The number of alkyl carbamates (subject to hydrolysis) is 1. The fraction of sp³-hybridized carbons (Fsp3) is 0.450. The Hall–Kier alpha value is -3.44. The molecule has 2 amide bonds. The van der Waals surface area contributed by atoms with Crippen molar-refractivity contribution in [2.75, 3.05) is 20.2 Å². The molecular formula is C20H26F3N5O4. The van der Waals surface area contributed by atoms with Crippen LogP contribution in [0.5, 0.6) is 5.75 Å². The molecule has 1 aromatic carbocycles. The average molecular weight is 457 g/mol. The molecule has 32 heavy (non-hydrogen) atoms. The van der Waals surface area contributed by atoms with Gasteiger partial charge in [-0.2, -0.15) is 13.2 Å². The molecule has 2 aromatic rings. The number of nitrogens with one attached hydrogen (secondary N) is 3. The van der Waals surface area contributed by atoms with E-state index >= 15 is 0 Å². The van der Waals surface area contributed by atoms with E-state index in [0.29, 0.717) is 6.42 Å². The van der Waals surface area contributed by atoms with Crippen molar-refractivity contribution in [3.63, 3.8) is 0 Å². The molecule has 0 atom stereocenters. The summed E-state index contributed by atoms with van der Waals surface area (Å²) < 4.78 is 51.3. The zero-order valence-corrected chi connectivity index (χ0v) is 18.1. The first-order chi connectivity index (χ1) is 14.7. The van der Waals surface area contributed by atoms with Crippen molar-refractivity contribution in [1.29, 1.82) is 5.41 Å². The molecule has 0 fully saturated rings. The minimum atomic E-state index is -4.69. The molecule has 12 heteroatoms. The quantitative estimate of drug-likeness (QED) is 0.300. The minimum absolute atomic E-state index is 0.0399. The third kappa shape index (κ3) is 6.53. The lowest BCUT2D eigenvalue weighted by Crippen LogP contribution is -2.38. The predicted molar refractivity (Wildman–Crippen MR) is 112 cm³/mol. The third-order valence-electron chi connectivity index (χ3n) is 4.17. The van der Waals surface area contributed by atoms with E-state index in [2.05, 4.69) is 10.3 Å². The molecule has 5 N–H and O–H groups in total. The topological polar surface area (TPSA) is 134 Å². The Labute approximate surface area is 182 Å². The lowest BCUT2D eigenvalue weighted by molar-refractivity contribution is -0.136. The van der Waals surface area contributed by atoms with Crippen molar-refractivity contribution in [3.05, 3.63) is 29.5 Å². The van der Waals surface area contributed by atoms with E-state index in [9.17, 15) is 22.8 Å². The van der Waals surface area contributed by atoms with Gasteiger partial charge in [-0.15, -0.1) is 0 Å². The maximum atomic E-state index is 13.6. The van der Waals surface area contributed by atoms with Crippen molar-refractivity contribution < 1.29 is 32.2 Å². The van der Waals surface area contributed by atoms with Crippen molar-refractivity contribution in [2.45, 2.75) is 39.0 Å². The van der Waals surface area contributed by atoms with Gasteiger partial charge in [-0.1, -0.05) is 0 Å². The number of nitrogens with two attached hydrogens (primary N) is 1. The summed E-state index contributed by atoms with van der Waals surface area (Å²) in [6.45, 7) is 5.42. The third-order valence-corrected chi connectivity index (χ3v) is 4.17.